The summed E-state index contributed by atoms with van der Waals surface area (Å²) in [5, 5.41) is 0. The molecule has 0 aliphatic rings. The molecule has 0 bridgehead atoms. The van der Waals surface area contributed by atoms with Crippen LogP contribution in [0.2, 0.25) is 0 Å². The molecule has 0 N–H and O–H groups in total. The van der Waals surface area contributed by atoms with Gasteiger partial charge in [0.25, 0.3) is 0 Å². The minimum absolute atomic E-state index is 0.274. The van der Waals surface area contributed by atoms with Crippen molar-refractivity contribution in [2.24, 2.45) is 0 Å². The lowest BCUT2D eigenvalue weighted by Crippen LogP contribution is -1.88. The predicted octanol–water partition coefficient (Wildman–Crippen LogP) is 4.98. The Bertz CT molecular complexity index is 592. The number of ether oxygens (including phenoxy) is 2. The average Bonchev–Trinajstić information content (AvgIpc) is 2.48. The zero-order valence-electron chi connectivity index (χ0n) is 12.9. The molecule has 0 aliphatic carbocycles. The molecule has 0 fully saturated rings. The van der Waals surface area contributed by atoms with Crippen molar-refractivity contribution in [3.05, 3.63) is 66.2 Å². The topological polar surface area (TPSA) is 18.5 Å². The van der Waals surface area contributed by atoms with Crippen LogP contribution in [0.5, 0.6) is 5.75 Å². The summed E-state index contributed by atoms with van der Waals surface area (Å²) >= 11 is 0. The van der Waals surface area contributed by atoms with Crippen LogP contribution >= 0.6 is 0 Å². The molecular formula is C18H21FO2. The van der Waals surface area contributed by atoms with E-state index in [2.05, 4.69) is 4.74 Å². The summed E-state index contributed by atoms with van der Waals surface area (Å²) in [7, 11) is 3.09. The van der Waals surface area contributed by atoms with Crippen molar-refractivity contribution in [1.82, 2.24) is 0 Å². The first-order valence-corrected chi connectivity index (χ1v) is 6.67. The summed E-state index contributed by atoms with van der Waals surface area (Å²) in [5.41, 5.74) is 3.04. The molecule has 0 aromatic heterocycles. The Morgan fingerprint density at radius 2 is 1.71 bits per heavy atom. The van der Waals surface area contributed by atoms with Gasteiger partial charge in [-0.15, -0.1) is 0 Å². The third-order valence-corrected chi connectivity index (χ3v) is 2.78. The second-order valence-electron chi connectivity index (χ2n) is 4.42. The van der Waals surface area contributed by atoms with Crippen LogP contribution in [0, 0.1) is 12.7 Å². The smallest absolute Gasteiger partial charge is 0.165 e. The van der Waals surface area contributed by atoms with E-state index in [0.29, 0.717) is 0 Å². The maximum atomic E-state index is 13.5. The van der Waals surface area contributed by atoms with Crippen molar-refractivity contribution in [3.63, 3.8) is 0 Å². The maximum Gasteiger partial charge on any atom is 0.165 e. The van der Waals surface area contributed by atoms with Crippen LogP contribution in [0.25, 0.3) is 11.1 Å². The molecule has 2 aromatic carbocycles. The minimum Gasteiger partial charge on any atom is -0.505 e. The Morgan fingerprint density at radius 3 is 2.19 bits per heavy atom. The van der Waals surface area contributed by atoms with Crippen LogP contribution in [0.15, 0.2) is 54.8 Å². The second-order valence-corrected chi connectivity index (χ2v) is 4.42. The van der Waals surface area contributed by atoms with E-state index in [9.17, 15) is 4.39 Å². The first-order valence-electron chi connectivity index (χ1n) is 6.67. The molecule has 112 valence electrons. The molecule has 0 radical (unpaired) electrons. The molecule has 0 unspecified atom stereocenters. The lowest BCUT2D eigenvalue weighted by atomic mass is 10.0. The highest BCUT2D eigenvalue weighted by molar-refractivity contribution is 5.65. The van der Waals surface area contributed by atoms with Gasteiger partial charge in [-0.3, -0.25) is 0 Å². The van der Waals surface area contributed by atoms with Gasteiger partial charge in [-0.25, -0.2) is 4.39 Å². The van der Waals surface area contributed by atoms with Gasteiger partial charge in [-0.1, -0.05) is 42.0 Å². The fraction of sp³-hybridized carbons (Fsp3) is 0.222. The van der Waals surface area contributed by atoms with E-state index in [1.807, 2.05) is 50.3 Å². The van der Waals surface area contributed by atoms with Crippen molar-refractivity contribution >= 4 is 0 Å². The highest BCUT2D eigenvalue weighted by atomic mass is 19.1. The van der Waals surface area contributed by atoms with Crippen LogP contribution in [0.4, 0.5) is 4.39 Å². The van der Waals surface area contributed by atoms with E-state index in [1.54, 1.807) is 19.4 Å². The van der Waals surface area contributed by atoms with Crippen molar-refractivity contribution < 1.29 is 13.9 Å². The van der Waals surface area contributed by atoms with Gasteiger partial charge in [0.05, 0.1) is 20.5 Å². The van der Waals surface area contributed by atoms with Gasteiger partial charge >= 0.3 is 0 Å². The van der Waals surface area contributed by atoms with Gasteiger partial charge < -0.3 is 9.47 Å². The number of benzene rings is 2. The molecule has 2 rings (SSSR count). The molecule has 0 saturated carbocycles. The normalized spacial score (nSPS) is 9.95. The fourth-order valence-corrected chi connectivity index (χ4v) is 1.81. The molecular weight excluding hydrogens is 267 g/mol. The van der Waals surface area contributed by atoms with Gasteiger partial charge in [-0.2, -0.15) is 0 Å². The van der Waals surface area contributed by atoms with Gasteiger partial charge in [-0.05, 0) is 37.1 Å². The average molecular weight is 288 g/mol. The quantitative estimate of drug-likeness (QED) is 0.742. The van der Waals surface area contributed by atoms with Crippen LogP contribution in [-0.2, 0) is 4.74 Å². The zero-order chi connectivity index (χ0) is 15.7. The van der Waals surface area contributed by atoms with E-state index < -0.39 is 0 Å². The summed E-state index contributed by atoms with van der Waals surface area (Å²) in [5.74, 6) is -0.0575. The number of hydrogen-bond donors (Lipinski definition) is 0. The number of rotatable bonds is 3. The molecule has 0 atom stereocenters. The van der Waals surface area contributed by atoms with Gasteiger partial charge in [0.15, 0.2) is 11.6 Å². The van der Waals surface area contributed by atoms with Crippen molar-refractivity contribution in [2.45, 2.75) is 13.8 Å². The second kappa shape index (κ2) is 8.80. The number of aryl methyl sites for hydroxylation is 1. The molecule has 3 heteroatoms. The molecule has 0 amide bonds. The maximum absolute atomic E-state index is 13.5. The lowest BCUT2D eigenvalue weighted by molar-refractivity contribution is 0.337. The van der Waals surface area contributed by atoms with Crippen molar-refractivity contribution in [1.29, 1.82) is 0 Å². The Hall–Kier alpha value is -2.29. The zero-order valence-corrected chi connectivity index (χ0v) is 12.9. The number of methoxy groups -OCH3 is 2. The number of allylic oxidation sites excluding steroid dienone is 1. The first kappa shape index (κ1) is 16.8. The molecule has 0 aliphatic heterocycles. The third-order valence-electron chi connectivity index (χ3n) is 2.78. The van der Waals surface area contributed by atoms with Crippen LogP contribution in [0.1, 0.15) is 12.5 Å². The predicted molar refractivity (Wildman–Crippen MR) is 84.9 cm³/mol. The molecule has 0 spiro atoms. The highest BCUT2D eigenvalue weighted by Crippen LogP contribution is 2.25. The van der Waals surface area contributed by atoms with E-state index in [0.717, 1.165) is 16.7 Å². The number of halogens is 1. The summed E-state index contributed by atoms with van der Waals surface area (Å²) < 4.78 is 22.9. The Labute approximate surface area is 125 Å². The Balaban J connectivity index is 0.000000383. The van der Waals surface area contributed by atoms with E-state index in [-0.39, 0.29) is 11.6 Å². The SMILES string of the molecule is C/C=C/OC.COc1ccc(-c2cccc(C)c2)cc1F. The first-order chi connectivity index (χ1) is 10.1. The van der Waals surface area contributed by atoms with Crippen LogP contribution in [-0.4, -0.2) is 14.2 Å². The molecule has 21 heavy (non-hydrogen) atoms. The van der Waals surface area contributed by atoms with Crippen LogP contribution < -0.4 is 4.74 Å². The van der Waals surface area contributed by atoms with Gasteiger partial charge in [0.1, 0.15) is 0 Å². The molecule has 2 aromatic rings. The summed E-state index contributed by atoms with van der Waals surface area (Å²) in [6, 6.07) is 13.0. The van der Waals surface area contributed by atoms with E-state index in [1.165, 1.54) is 13.2 Å². The third kappa shape index (κ3) is 5.30. The van der Waals surface area contributed by atoms with E-state index in [4.69, 9.17) is 4.74 Å². The van der Waals surface area contributed by atoms with Crippen LogP contribution in [0.3, 0.4) is 0 Å². The monoisotopic (exact) mass is 288 g/mol. The highest BCUT2D eigenvalue weighted by Gasteiger charge is 2.04. The van der Waals surface area contributed by atoms with Gasteiger partial charge in [0, 0.05) is 0 Å². The Kier molecular flexibility index (Phi) is 7.02. The van der Waals surface area contributed by atoms with Crippen molar-refractivity contribution in [3.8, 4) is 16.9 Å². The molecule has 0 heterocycles. The standard InChI is InChI=1S/C14H13FO.C4H8O/c1-10-4-3-5-11(8-10)12-6-7-14(16-2)13(15)9-12;1-3-4-5-2/h3-9H,1-2H3;3-4H,1-2H3/b;4-3+. The molecule has 2 nitrogen and oxygen atoms in total. The fourth-order valence-electron chi connectivity index (χ4n) is 1.81. The molecule has 0 saturated heterocycles. The number of hydrogen-bond acceptors (Lipinski definition) is 2. The summed E-state index contributed by atoms with van der Waals surface area (Å²) in [6.45, 7) is 3.92. The van der Waals surface area contributed by atoms with Crippen molar-refractivity contribution in [2.75, 3.05) is 14.2 Å². The lowest BCUT2D eigenvalue weighted by Gasteiger charge is -2.06. The summed E-state index contributed by atoms with van der Waals surface area (Å²) in [4.78, 5) is 0. The minimum atomic E-state index is -0.332. The summed E-state index contributed by atoms with van der Waals surface area (Å²) in [6.07, 6.45) is 3.46. The Morgan fingerprint density at radius 1 is 1.00 bits per heavy atom. The largest absolute Gasteiger partial charge is 0.505 e. The van der Waals surface area contributed by atoms with E-state index >= 15 is 0 Å². The van der Waals surface area contributed by atoms with Gasteiger partial charge in [0.2, 0.25) is 0 Å².